The first-order chi connectivity index (χ1) is 15.1. The highest BCUT2D eigenvalue weighted by atomic mass is 16.7. The molecule has 0 bridgehead atoms. The van der Waals surface area contributed by atoms with Crippen molar-refractivity contribution in [1.82, 2.24) is 0 Å². The van der Waals surface area contributed by atoms with Crippen LogP contribution in [-0.2, 0) is 0 Å². The van der Waals surface area contributed by atoms with Crippen LogP contribution in [0.2, 0.25) is 0 Å². The average Bonchev–Trinajstić information content (AvgIpc) is 2.71. The Morgan fingerprint density at radius 1 is 0.879 bits per heavy atom. The Hall–Kier alpha value is -0.380. The molecule has 33 heavy (non-hydrogen) atoms. The quantitative estimate of drug-likeness (QED) is 0.312. The Balaban J connectivity index is 1.59. The monoisotopic (exact) mass is 457 g/mol. The molecule has 3 N–H and O–H groups in total. The minimum absolute atomic E-state index is 0.00888. The Morgan fingerprint density at radius 3 is 2.24 bits per heavy atom. The molecule has 10 atom stereocenters. The molecule has 187 valence electrons. The number of fused-ring (bicyclic) bond motifs is 7. The molecule has 4 saturated carbocycles. The summed E-state index contributed by atoms with van der Waals surface area (Å²) in [7, 11) is 0. The number of hydrogen-bond acceptors (Lipinski definition) is 3. The predicted molar refractivity (Wildman–Crippen MR) is 133 cm³/mol. The number of aliphatic hydroxyl groups is 3. The lowest BCUT2D eigenvalue weighted by Gasteiger charge is -2.71. The Morgan fingerprint density at radius 2 is 1.58 bits per heavy atom. The summed E-state index contributed by atoms with van der Waals surface area (Å²) in [6.45, 7) is 19.3. The summed E-state index contributed by atoms with van der Waals surface area (Å²) in [5, 5.41) is 31.4. The van der Waals surface area contributed by atoms with Crippen molar-refractivity contribution < 1.29 is 15.3 Å². The summed E-state index contributed by atoms with van der Waals surface area (Å²) in [4.78, 5) is 0. The maximum atomic E-state index is 10.5. The van der Waals surface area contributed by atoms with Gasteiger partial charge in [0, 0.05) is 0 Å². The fourth-order valence-electron chi connectivity index (χ4n) is 10.8. The van der Waals surface area contributed by atoms with Crippen LogP contribution in [0.5, 0.6) is 0 Å². The van der Waals surface area contributed by atoms with Crippen molar-refractivity contribution in [2.24, 2.45) is 56.7 Å². The van der Waals surface area contributed by atoms with E-state index in [1.807, 2.05) is 6.92 Å². The van der Waals surface area contributed by atoms with Crippen LogP contribution in [0.25, 0.3) is 0 Å². The van der Waals surface area contributed by atoms with Crippen LogP contribution in [-0.4, -0.2) is 21.3 Å². The molecule has 5 aliphatic carbocycles. The van der Waals surface area contributed by atoms with Crippen molar-refractivity contribution in [2.75, 3.05) is 0 Å². The second kappa shape index (κ2) is 7.10. The topological polar surface area (TPSA) is 60.7 Å². The summed E-state index contributed by atoms with van der Waals surface area (Å²) in [6, 6.07) is 0. The van der Waals surface area contributed by atoms with Crippen molar-refractivity contribution in [3.8, 4) is 0 Å². The third-order valence-corrected chi connectivity index (χ3v) is 13.4. The zero-order valence-electron chi connectivity index (χ0n) is 22.1. The third-order valence-electron chi connectivity index (χ3n) is 13.4. The van der Waals surface area contributed by atoms with Crippen LogP contribution in [0.3, 0.4) is 0 Å². The van der Waals surface area contributed by atoms with E-state index in [0.29, 0.717) is 24.2 Å². The van der Waals surface area contributed by atoms with Gasteiger partial charge in [-0.15, -0.1) is 0 Å². The van der Waals surface area contributed by atoms with E-state index in [-0.39, 0.29) is 27.6 Å². The van der Waals surface area contributed by atoms with E-state index >= 15 is 0 Å². The number of rotatable bonds is 1. The van der Waals surface area contributed by atoms with Crippen molar-refractivity contribution in [3.05, 3.63) is 18.6 Å². The number of allylic oxidation sites excluding steroid dienone is 2. The van der Waals surface area contributed by atoms with E-state index in [9.17, 15) is 15.3 Å². The van der Waals surface area contributed by atoms with Crippen LogP contribution in [0, 0.1) is 63.6 Å². The van der Waals surface area contributed by atoms with Gasteiger partial charge in [-0.3, -0.25) is 0 Å². The van der Waals surface area contributed by atoms with Crippen molar-refractivity contribution >= 4 is 0 Å². The molecule has 0 aliphatic heterocycles. The Labute approximate surface area is 202 Å². The second-order valence-corrected chi connectivity index (χ2v) is 14.4. The molecule has 4 fully saturated rings. The lowest BCUT2D eigenvalue weighted by atomic mass is 9.33. The largest absolute Gasteiger partial charge is 0.343 e. The van der Waals surface area contributed by atoms with Gasteiger partial charge in [-0.1, -0.05) is 59.6 Å². The molecule has 3 nitrogen and oxygen atoms in total. The summed E-state index contributed by atoms with van der Waals surface area (Å²) >= 11 is 0. The van der Waals surface area contributed by atoms with Crippen LogP contribution in [0.4, 0.5) is 0 Å². The highest BCUT2D eigenvalue weighted by molar-refractivity contribution is 5.34. The zero-order valence-corrected chi connectivity index (χ0v) is 22.1. The lowest BCUT2D eigenvalue weighted by molar-refractivity contribution is -0.400. The van der Waals surface area contributed by atoms with E-state index in [4.69, 9.17) is 6.92 Å². The molecule has 1 unspecified atom stereocenters. The smallest absolute Gasteiger partial charge is 0.281 e. The number of hydrogen-bond donors (Lipinski definition) is 3. The predicted octanol–water partition coefficient (Wildman–Crippen LogP) is 6.48. The van der Waals surface area contributed by atoms with Crippen molar-refractivity contribution in [1.29, 1.82) is 0 Å². The standard InChI is InChI=1S/C30H49O3/c1-19-11-15-25(3)17-18-27(5)21(24(25)20(19)2)9-10-22-26(4)13-8-14-29(7,30(31,32)33)23(26)12-16-28(22,27)6/h9,19-20,22-24,31-33H,3,8,10-18H2,1-2,4-7H3/t19-,20+,22-,23-,24+,25-,26-,27-,28-,29?/m1/s1. The fraction of sp³-hybridized carbons (Fsp3) is 0.900. The SMILES string of the molecule is [CH2][C@]12CC[C@@H](C)[C@H](C)[C@H]1C1=CC[C@@H]3[C@@]4(C)CCCC(C)(C(O)(O)O)[C@@H]4CC[C@@]3(C)[C@]1(C)CC2. The van der Waals surface area contributed by atoms with E-state index in [1.165, 1.54) is 25.7 Å². The van der Waals surface area contributed by atoms with Crippen molar-refractivity contribution in [3.63, 3.8) is 0 Å². The first-order valence-electron chi connectivity index (χ1n) is 13.9. The Kier molecular flexibility index (Phi) is 5.23. The van der Waals surface area contributed by atoms with Gasteiger partial charge in [0.15, 0.2) is 0 Å². The van der Waals surface area contributed by atoms with Gasteiger partial charge in [-0.05, 0) is 116 Å². The van der Waals surface area contributed by atoms with Gasteiger partial charge in [0.1, 0.15) is 0 Å². The van der Waals surface area contributed by atoms with E-state index in [1.54, 1.807) is 5.57 Å². The maximum Gasteiger partial charge on any atom is 0.281 e. The normalized spacial score (nSPS) is 56.7. The van der Waals surface area contributed by atoms with Gasteiger partial charge >= 0.3 is 0 Å². The first kappa shape index (κ1) is 24.3. The summed E-state index contributed by atoms with van der Waals surface area (Å²) in [6.07, 6.45) is 13.6. The molecule has 0 aromatic rings. The van der Waals surface area contributed by atoms with Crippen LogP contribution in [0.15, 0.2) is 11.6 Å². The Bertz CT molecular complexity index is 842. The molecule has 0 spiro atoms. The molecule has 0 aromatic heterocycles. The van der Waals surface area contributed by atoms with Crippen LogP contribution < -0.4 is 0 Å². The highest BCUT2D eigenvalue weighted by Gasteiger charge is 2.69. The first-order valence-corrected chi connectivity index (χ1v) is 13.9. The molecule has 0 amide bonds. The minimum atomic E-state index is -2.61. The molecule has 0 aromatic carbocycles. The van der Waals surface area contributed by atoms with Gasteiger partial charge in [0.2, 0.25) is 0 Å². The second-order valence-electron chi connectivity index (χ2n) is 14.4. The van der Waals surface area contributed by atoms with Crippen molar-refractivity contribution in [2.45, 2.75) is 112 Å². The zero-order chi connectivity index (χ0) is 24.2. The average molecular weight is 458 g/mol. The lowest BCUT2D eigenvalue weighted by Crippen LogP contribution is -2.66. The molecule has 1 radical (unpaired) electrons. The van der Waals surface area contributed by atoms with E-state index in [0.717, 1.165) is 38.0 Å². The molecule has 5 rings (SSSR count). The molecule has 0 saturated heterocycles. The summed E-state index contributed by atoms with van der Waals surface area (Å²) in [5.74, 6) is 0.0646. The van der Waals surface area contributed by atoms with Gasteiger partial charge in [-0.2, -0.15) is 0 Å². The summed E-state index contributed by atoms with van der Waals surface area (Å²) < 4.78 is 0. The maximum absolute atomic E-state index is 10.5. The fourth-order valence-corrected chi connectivity index (χ4v) is 10.8. The van der Waals surface area contributed by atoms with Crippen LogP contribution in [0.1, 0.15) is 106 Å². The molecular weight excluding hydrogens is 408 g/mol. The van der Waals surface area contributed by atoms with Gasteiger partial charge < -0.3 is 15.3 Å². The van der Waals surface area contributed by atoms with Gasteiger partial charge in [-0.25, -0.2) is 0 Å². The summed E-state index contributed by atoms with van der Waals surface area (Å²) in [5.41, 5.74) is 1.45. The van der Waals surface area contributed by atoms with E-state index < -0.39 is 11.4 Å². The molecular formula is C30H49O3. The van der Waals surface area contributed by atoms with Crippen LogP contribution >= 0.6 is 0 Å². The van der Waals surface area contributed by atoms with Gasteiger partial charge in [0.05, 0.1) is 5.41 Å². The van der Waals surface area contributed by atoms with E-state index in [2.05, 4.69) is 40.7 Å². The third kappa shape index (κ3) is 2.91. The molecule has 5 aliphatic rings. The minimum Gasteiger partial charge on any atom is -0.343 e. The molecule has 0 heterocycles. The molecule has 3 heteroatoms. The van der Waals surface area contributed by atoms with Gasteiger partial charge in [0.25, 0.3) is 5.97 Å². The highest BCUT2D eigenvalue weighted by Crippen LogP contribution is 2.76.